The first kappa shape index (κ1) is 13.8. The third-order valence-electron chi connectivity index (χ3n) is 4.03. The Morgan fingerprint density at radius 2 is 1.70 bits per heavy atom. The Balaban J connectivity index is 1.77. The van der Waals surface area contributed by atoms with Crippen LogP contribution in [0.1, 0.15) is 43.0 Å². The van der Waals surface area contributed by atoms with Crippen LogP contribution in [0, 0.1) is 5.92 Å². The van der Waals surface area contributed by atoms with Crippen LogP contribution >= 0.6 is 15.9 Å². The second-order valence-corrected chi connectivity index (χ2v) is 6.58. The molecule has 1 fully saturated rings. The third-order valence-corrected chi connectivity index (χ3v) is 4.52. The summed E-state index contributed by atoms with van der Waals surface area (Å²) in [6.07, 6.45) is 2.69. The lowest BCUT2D eigenvalue weighted by atomic mass is 9.99. The average Bonchev–Trinajstić information content (AvgIpc) is 3.30. The van der Waals surface area contributed by atoms with Crippen LogP contribution in [0.5, 0.6) is 0 Å². The van der Waals surface area contributed by atoms with Crippen molar-refractivity contribution >= 4 is 15.9 Å². The van der Waals surface area contributed by atoms with Crippen molar-refractivity contribution in [2.45, 2.75) is 31.8 Å². The molecule has 0 radical (unpaired) electrons. The lowest BCUT2D eigenvalue weighted by Gasteiger charge is -2.24. The van der Waals surface area contributed by atoms with E-state index in [2.05, 4.69) is 82.8 Å². The fourth-order valence-electron chi connectivity index (χ4n) is 2.74. The molecular weight excluding hydrogens is 310 g/mol. The quantitative estimate of drug-likeness (QED) is 0.789. The molecule has 0 saturated heterocycles. The number of benzene rings is 2. The minimum atomic E-state index is 0.360. The van der Waals surface area contributed by atoms with Crippen LogP contribution in [-0.2, 0) is 0 Å². The molecule has 2 aromatic carbocycles. The highest BCUT2D eigenvalue weighted by atomic mass is 79.9. The molecule has 0 aromatic heterocycles. The maximum absolute atomic E-state index is 3.82. The molecule has 1 aliphatic carbocycles. The normalized spacial score (nSPS) is 17.7. The van der Waals surface area contributed by atoms with Gasteiger partial charge >= 0.3 is 0 Å². The van der Waals surface area contributed by atoms with Crippen LogP contribution in [0.25, 0.3) is 0 Å². The Bertz CT molecular complexity index is 563. The minimum absolute atomic E-state index is 0.360. The van der Waals surface area contributed by atoms with E-state index in [1.165, 1.54) is 24.0 Å². The number of nitrogens with one attached hydrogen (secondary N) is 1. The van der Waals surface area contributed by atoms with Gasteiger partial charge in [0, 0.05) is 16.6 Å². The van der Waals surface area contributed by atoms with E-state index in [-0.39, 0.29) is 0 Å². The van der Waals surface area contributed by atoms with Gasteiger partial charge in [-0.2, -0.15) is 0 Å². The lowest BCUT2D eigenvalue weighted by molar-refractivity contribution is 0.427. The predicted octanol–water partition coefficient (Wildman–Crippen LogP) is 5.25. The zero-order valence-electron chi connectivity index (χ0n) is 11.7. The van der Waals surface area contributed by atoms with Gasteiger partial charge in [0.05, 0.1) is 0 Å². The molecule has 1 aliphatic rings. The fourth-order valence-corrected chi connectivity index (χ4v) is 3.15. The second kappa shape index (κ2) is 6.11. The molecule has 1 saturated carbocycles. The van der Waals surface area contributed by atoms with Gasteiger partial charge in [-0.25, -0.2) is 0 Å². The molecule has 0 aliphatic heterocycles. The number of hydrogen-bond acceptors (Lipinski definition) is 1. The third kappa shape index (κ3) is 3.31. The van der Waals surface area contributed by atoms with Crippen LogP contribution in [0.2, 0.25) is 0 Å². The Morgan fingerprint density at radius 3 is 2.35 bits per heavy atom. The Hall–Kier alpha value is -1.12. The van der Waals surface area contributed by atoms with Crippen molar-refractivity contribution in [1.82, 2.24) is 5.32 Å². The van der Waals surface area contributed by atoms with Crippen LogP contribution < -0.4 is 5.32 Å². The first-order valence-electron chi connectivity index (χ1n) is 7.30. The zero-order chi connectivity index (χ0) is 13.9. The topological polar surface area (TPSA) is 12.0 Å². The number of hydrogen-bond donors (Lipinski definition) is 1. The molecule has 0 bridgehead atoms. The second-order valence-electron chi connectivity index (χ2n) is 5.67. The van der Waals surface area contributed by atoms with E-state index in [1.807, 2.05) is 0 Å². The van der Waals surface area contributed by atoms with E-state index in [4.69, 9.17) is 0 Å². The molecule has 0 heterocycles. The molecule has 2 unspecified atom stereocenters. The van der Waals surface area contributed by atoms with E-state index in [0.29, 0.717) is 12.1 Å². The number of halogens is 1. The summed E-state index contributed by atoms with van der Waals surface area (Å²) in [5.74, 6) is 0.798. The summed E-state index contributed by atoms with van der Waals surface area (Å²) < 4.78 is 1.14. The molecule has 104 valence electrons. The summed E-state index contributed by atoms with van der Waals surface area (Å²) in [5, 5.41) is 3.82. The molecule has 2 heteroatoms. The molecule has 1 N–H and O–H groups in total. The van der Waals surface area contributed by atoms with Gasteiger partial charge in [-0.1, -0.05) is 58.4 Å². The van der Waals surface area contributed by atoms with Crippen LogP contribution in [0.3, 0.4) is 0 Å². The van der Waals surface area contributed by atoms with E-state index in [1.54, 1.807) is 0 Å². The average molecular weight is 330 g/mol. The smallest absolute Gasteiger partial charge is 0.0353 e. The highest BCUT2D eigenvalue weighted by Crippen LogP contribution is 2.42. The Labute approximate surface area is 129 Å². The molecule has 3 rings (SSSR count). The maximum Gasteiger partial charge on any atom is 0.0353 e. The molecule has 20 heavy (non-hydrogen) atoms. The molecule has 2 atom stereocenters. The van der Waals surface area contributed by atoms with Gasteiger partial charge in [-0.05, 0) is 48.9 Å². The summed E-state index contributed by atoms with van der Waals surface area (Å²) in [4.78, 5) is 0. The van der Waals surface area contributed by atoms with E-state index in [9.17, 15) is 0 Å². The van der Waals surface area contributed by atoms with Crippen LogP contribution in [0.15, 0.2) is 59.1 Å². The summed E-state index contributed by atoms with van der Waals surface area (Å²) in [7, 11) is 0. The number of rotatable bonds is 5. The van der Waals surface area contributed by atoms with Gasteiger partial charge in [-0.15, -0.1) is 0 Å². The van der Waals surface area contributed by atoms with E-state index >= 15 is 0 Å². The van der Waals surface area contributed by atoms with Gasteiger partial charge in [0.2, 0.25) is 0 Å². The van der Waals surface area contributed by atoms with Crippen molar-refractivity contribution in [1.29, 1.82) is 0 Å². The van der Waals surface area contributed by atoms with Gasteiger partial charge in [0.1, 0.15) is 0 Å². The first-order valence-corrected chi connectivity index (χ1v) is 8.10. The minimum Gasteiger partial charge on any atom is -0.303 e. The Morgan fingerprint density at radius 1 is 1.00 bits per heavy atom. The van der Waals surface area contributed by atoms with Crippen LogP contribution in [-0.4, -0.2) is 0 Å². The maximum atomic E-state index is 3.82. The van der Waals surface area contributed by atoms with E-state index < -0.39 is 0 Å². The monoisotopic (exact) mass is 329 g/mol. The predicted molar refractivity (Wildman–Crippen MR) is 87.6 cm³/mol. The van der Waals surface area contributed by atoms with Crippen molar-refractivity contribution in [2.75, 3.05) is 0 Å². The molecule has 1 nitrogen and oxygen atoms in total. The van der Waals surface area contributed by atoms with Crippen LogP contribution in [0.4, 0.5) is 0 Å². The van der Waals surface area contributed by atoms with Gasteiger partial charge in [0.25, 0.3) is 0 Å². The highest BCUT2D eigenvalue weighted by molar-refractivity contribution is 9.10. The fraction of sp³-hybridized carbons (Fsp3) is 0.333. The first-order chi connectivity index (χ1) is 9.74. The molecule has 2 aromatic rings. The molecular formula is C18H20BrN. The Kier molecular flexibility index (Phi) is 4.23. The SMILES string of the molecule is CC(NC(c1ccccc1)C1CC1)c1cccc(Br)c1. The van der Waals surface area contributed by atoms with Crippen molar-refractivity contribution in [2.24, 2.45) is 5.92 Å². The summed E-state index contributed by atoms with van der Waals surface area (Å²) in [6, 6.07) is 20.2. The van der Waals surface area contributed by atoms with E-state index in [0.717, 1.165) is 10.4 Å². The largest absolute Gasteiger partial charge is 0.303 e. The standard InChI is InChI=1S/C18H20BrN/c1-13(16-8-5-9-17(19)12-16)20-18(15-10-11-15)14-6-3-2-4-7-14/h2-9,12-13,15,18,20H,10-11H2,1H3. The van der Waals surface area contributed by atoms with Crippen molar-refractivity contribution in [3.8, 4) is 0 Å². The van der Waals surface area contributed by atoms with Crippen molar-refractivity contribution in [3.05, 3.63) is 70.2 Å². The summed E-state index contributed by atoms with van der Waals surface area (Å²) in [5.41, 5.74) is 2.75. The van der Waals surface area contributed by atoms with Crippen molar-refractivity contribution < 1.29 is 0 Å². The van der Waals surface area contributed by atoms with Gasteiger partial charge in [0.15, 0.2) is 0 Å². The zero-order valence-corrected chi connectivity index (χ0v) is 13.3. The van der Waals surface area contributed by atoms with Gasteiger partial charge in [-0.3, -0.25) is 0 Å². The summed E-state index contributed by atoms with van der Waals surface area (Å²) in [6.45, 7) is 2.25. The van der Waals surface area contributed by atoms with Crippen molar-refractivity contribution in [3.63, 3.8) is 0 Å². The lowest BCUT2D eigenvalue weighted by Crippen LogP contribution is -2.26. The summed E-state index contributed by atoms with van der Waals surface area (Å²) >= 11 is 3.56. The van der Waals surface area contributed by atoms with Gasteiger partial charge < -0.3 is 5.32 Å². The molecule has 0 spiro atoms. The highest BCUT2D eigenvalue weighted by Gasteiger charge is 2.32. The molecule has 0 amide bonds.